The van der Waals surface area contributed by atoms with Gasteiger partial charge in [-0.15, -0.1) is 11.3 Å². The molecule has 3 rings (SSSR count). The number of benzene rings is 1. The Balaban J connectivity index is 1.90. The van der Waals surface area contributed by atoms with Crippen LogP contribution in [0.4, 0.5) is 5.69 Å². The highest BCUT2D eigenvalue weighted by atomic mass is 79.9. The summed E-state index contributed by atoms with van der Waals surface area (Å²) < 4.78 is 2.26. The van der Waals surface area contributed by atoms with E-state index < -0.39 is 0 Å². The Kier molecular flexibility index (Phi) is 4.22. The van der Waals surface area contributed by atoms with Gasteiger partial charge >= 0.3 is 0 Å². The third kappa shape index (κ3) is 3.02. The zero-order valence-corrected chi connectivity index (χ0v) is 14.8. The second kappa shape index (κ2) is 5.76. The van der Waals surface area contributed by atoms with E-state index in [0.717, 1.165) is 21.6 Å². The summed E-state index contributed by atoms with van der Waals surface area (Å²) in [4.78, 5) is 1.49. The van der Waals surface area contributed by atoms with Crippen molar-refractivity contribution in [1.82, 2.24) is 0 Å². The van der Waals surface area contributed by atoms with Gasteiger partial charge in [0, 0.05) is 9.35 Å². The van der Waals surface area contributed by atoms with Crippen molar-refractivity contribution >= 4 is 60.5 Å². The summed E-state index contributed by atoms with van der Waals surface area (Å²) in [5, 5.41) is 4.35. The smallest absolute Gasteiger partial charge is 0.0705 e. The predicted molar refractivity (Wildman–Crippen MR) is 90.5 cm³/mol. The third-order valence-corrected chi connectivity index (χ3v) is 5.88. The van der Waals surface area contributed by atoms with Crippen LogP contribution in [0.5, 0.6) is 0 Å². The molecule has 5 heteroatoms. The Morgan fingerprint density at radius 2 is 2.11 bits per heavy atom. The van der Waals surface area contributed by atoms with Gasteiger partial charge in [0.25, 0.3) is 0 Å². The minimum absolute atomic E-state index is 0.359. The number of aryl methyl sites for hydroxylation is 1. The lowest BCUT2D eigenvalue weighted by molar-refractivity contribution is 0.609. The first-order valence-corrected chi connectivity index (χ1v) is 8.91. The van der Waals surface area contributed by atoms with E-state index in [9.17, 15) is 0 Å². The number of anilines is 1. The van der Waals surface area contributed by atoms with Crippen LogP contribution in [0.15, 0.2) is 32.5 Å². The summed E-state index contributed by atoms with van der Waals surface area (Å²) in [5.41, 5.74) is 2.41. The highest BCUT2D eigenvalue weighted by molar-refractivity contribution is 9.11. The van der Waals surface area contributed by atoms with E-state index in [-0.39, 0.29) is 0 Å². The van der Waals surface area contributed by atoms with Crippen molar-refractivity contribution in [2.24, 2.45) is 0 Å². The van der Waals surface area contributed by atoms with Crippen LogP contribution in [0.2, 0.25) is 5.02 Å². The minimum atomic E-state index is 0.359. The normalized spacial score (nSPS) is 18.2. The molecular formula is C14H12Br2ClNS. The SMILES string of the molecule is Clc1ccc(Br)cc1NC1CCCc2sc(Br)cc21. The Hall–Kier alpha value is -0.0300. The van der Waals surface area contributed by atoms with Crippen LogP contribution >= 0.6 is 54.8 Å². The van der Waals surface area contributed by atoms with E-state index >= 15 is 0 Å². The number of rotatable bonds is 2. The predicted octanol–water partition coefficient (Wildman–Crippen LogP) is 6.42. The summed E-state index contributed by atoms with van der Waals surface area (Å²) >= 11 is 15.2. The summed E-state index contributed by atoms with van der Waals surface area (Å²) in [6, 6.07) is 8.52. The first-order chi connectivity index (χ1) is 9.13. The molecule has 1 atom stereocenters. The molecule has 0 radical (unpaired) electrons. The van der Waals surface area contributed by atoms with Gasteiger partial charge in [-0.3, -0.25) is 0 Å². The first kappa shape index (κ1) is 13.9. The third-order valence-electron chi connectivity index (χ3n) is 3.34. The van der Waals surface area contributed by atoms with E-state index in [1.807, 2.05) is 29.5 Å². The maximum absolute atomic E-state index is 6.26. The molecule has 0 aliphatic heterocycles. The zero-order valence-electron chi connectivity index (χ0n) is 10.1. The van der Waals surface area contributed by atoms with Crippen LogP contribution in [0.3, 0.4) is 0 Å². The molecule has 1 heterocycles. The highest BCUT2D eigenvalue weighted by Gasteiger charge is 2.23. The molecule has 0 amide bonds. The zero-order chi connectivity index (χ0) is 13.4. The molecule has 1 aliphatic carbocycles. The van der Waals surface area contributed by atoms with Gasteiger partial charge in [-0.2, -0.15) is 0 Å². The summed E-state index contributed by atoms with van der Waals surface area (Å²) in [6.45, 7) is 0. The molecule has 19 heavy (non-hydrogen) atoms. The molecule has 0 spiro atoms. The van der Waals surface area contributed by atoms with Gasteiger partial charge in [-0.1, -0.05) is 27.5 Å². The number of hydrogen-bond acceptors (Lipinski definition) is 2. The Morgan fingerprint density at radius 1 is 1.26 bits per heavy atom. The van der Waals surface area contributed by atoms with Gasteiger partial charge in [0.15, 0.2) is 0 Å². The fourth-order valence-electron chi connectivity index (χ4n) is 2.47. The molecule has 1 unspecified atom stereocenters. The van der Waals surface area contributed by atoms with E-state index in [4.69, 9.17) is 11.6 Å². The van der Waals surface area contributed by atoms with Gasteiger partial charge < -0.3 is 5.32 Å². The minimum Gasteiger partial charge on any atom is -0.377 e. The Labute approximate surface area is 138 Å². The summed E-state index contributed by atoms with van der Waals surface area (Å²) in [6.07, 6.45) is 3.57. The van der Waals surface area contributed by atoms with Gasteiger partial charge in [0.1, 0.15) is 0 Å². The lowest BCUT2D eigenvalue weighted by Crippen LogP contribution is -2.15. The second-order valence-electron chi connectivity index (χ2n) is 4.64. The molecule has 1 aromatic carbocycles. The van der Waals surface area contributed by atoms with Crippen LogP contribution in [-0.4, -0.2) is 0 Å². The molecular weight excluding hydrogens is 409 g/mol. The van der Waals surface area contributed by atoms with E-state index in [1.165, 1.54) is 27.1 Å². The first-order valence-electron chi connectivity index (χ1n) is 6.13. The van der Waals surface area contributed by atoms with E-state index in [0.29, 0.717) is 6.04 Å². The summed E-state index contributed by atoms with van der Waals surface area (Å²) in [5.74, 6) is 0. The average molecular weight is 422 g/mol. The number of nitrogens with one attached hydrogen (secondary N) is 1. The Morgan fingerprint density at radius 3 is 2.95 bits per heavy atom. The Bertz CT molecular complexity index is 611. The van der Waals surface area contributed by atoms with E-state index in [1.54, 1.807) is 0 Å². The van der Waals surface area contributed by atoms with E-state index in [2.05, 4.69) is 43.2 Å². The van der Waals surface area contributed by atoms with Crippen LogP contribution in [-0.2, 0) is 6.42 Å². The number of halogens is 3. The highest BCUT2D eigenvalue weighted by Crippen LogP contribution is 2.40. The molecule has 1 nitrogen and oxygen atoms in total. The van der Waals surface area contributed by atoms with Crippen molar-refractivity contribution in [3.63, 3.8) is 0 Å². The van der Waals surface area contributed by atoms with Crippen LogP contribution < -0.4 is 5.32 Å². The number of fused-ring (bicyclic) bond motifs is 1. The molecule has 1 N–H and O–H groups in total. The molecule has 100 valence electrons. The fourth-order valence-corrected chi connectivity index (χ4v) is 4.82. The molecule has 0 saturated carbocycles. The number of thiophene rings is 1. The molecule has 0 bridgehead atoms. The monoisotopic (exact) mass is 419 g/mol. The van der Waals surface area contributed by atoms with Crippen molar-refractivity contribution in [3.8, 4) is 0 Å². The second-order valence-corrected chi connectivity index (χ2v) is 8.48. The number of hydrogen-bond donors (Lipinski definition) is 1. The van der Waals surface area contributed by atoms with Crippen LogP contribution in [0, 0.1) is 0 Å². The average Bonchev–Trinajstić information content (AvgIpc) is 2.75. The molecule has 2 aromatic rings. The maximum Gasteiger partial charge on any atom is 0.0705 e. The van der Waals surface area contributed by atoms with Crippen molar-refractivity contribution in [3.05, 3.63) is 48.0 Å². The van der Waals surface area contributed by atoms with Crippen molar-refractivity contribution in [2.75, 3.05) is 5.32 Å². The van der Waals surface area contributed by atoms with Gasteiger partial charge in [0.2, 0.25) is 0 Å². The molecule has 0 fully saturated rings. The maximum atomic E-state index is 6.26. The summed E-state index contributed by atoms with van der Waals surface area (Å²) in [7, 11) is 0. The topological polar surface area (TPSA) is 12.0 Å². The molecule has 1 aliphatic rings. The molecule has 0 saturated heterocycles. The standard InChI is InChI=1S/C14H12Br2ClNS/c15-8-4-5-10(17)12(6-8)18-11-2-1-3-13-9(11)7-14(16)19-13/h4-7,11,18H,1-3H2. The lowest BCUT2D eigenvalue weighted by atomic mass is 9.94. The fraction of sp³-hybridized carbons (Fsp3) is 0.286. The van der Waals surface area contributed by atoms with Crippen molar-refractivity contribution in [1.29, 1.82) is 0 Å². The van der Waals surface area contributed by atoms with Crippen LogP contribution in [0.25, 0.3) is 0 Å². The van der Waals surface area contributed by atoms with Crippen molar-refractivity contribution < 1.29 is 0 Å². The van der Waals surface area contributed by atoms with Crippen molar-refractivity contribution in [2.45, 2.75) is 25.3 Å². The largest absolute Gasteiger partial charge is 0.377 e. The van der Waals surface area contributed by atoms with Crippen LogP contribution in [0.1, 0.15) is 29.3 Å². The van der Waals surface area contributed by atoms with Gasteiger partial charge in [0.05, 0.1) is 20.5 Å². The molecule has 1 aromatic heterocycles. The lowest BCUT2D eigenvalue weighted by Gasteiger charge is -2.25. The van der Waals surface area contributed by atoms with Gasteiger partial charge in [-0.25, -0.2) is 0 Å². The van der Waals surface area contributed by atoms with Gasteiger partial charge in [-0.05, 0) is 65.0 Å². The quantitative estimate of drug-likeness (QED) is 0.590.